The summed E-state index contributed by atoms with van der Waals surface area (Å²) in [5, 5.41) is 0.164. The lowest BCUT2D eigenvalue weighted by Gasteiger charge is -2.14. The Morgan fingerprint density at radius 2 is 1.55 bits per heavy atom. The number of hydrogen-bond acceptors (Lipinski definition) is 0. The maximum absolute atomic E-state index is 6.58. The van der Waals surface area contributed by atoms with Crippen LogP contribution < -0.4 is 0 Å². The Labute approximate surface area is 138 Å². The van der Waals surface area contributed by atoms with Crippen LogP contribution in [0, 0.1) is 13.8 Å². The first-order chi connectivity index (χ1) is 9.56. The molecule has 0 amide bonds. The van der Waals surface area contributed by atoms with Crippen LogP contribution in [0.2, 0.25) is 0 Å². The lowest BCUT2D eigenvalue weighted by atomic mass is 9.98. The molecule has 2 heteroatoms. The number of benzene rings is 1. The number of halogens is 2. The van der Waals surface area contributed by atoms with Crippen LogP contribution in [0.1, 0.15) is 80.4 Å². The topological polar surface area (TPSA) is 0 Å². The average Bonchev–Trinajstić information content (AvgIpc) is 2.41. The van der Waals surface area contributed by atoms with E-state index in [4.69, 9.17) is 11.6 Å². The molecule has 0 aliphatic carbocycles. The van der Waals surface area contributed by atoms with Crippen molar-refractivity contribution in [1.29, 1.82) is 0 Å². The molecule has 0 bridgehead atoms. The van der Waals surface area contributed by atoms with Crippen LogP contribution in [0.5, 0.6) is 0 Å². The molecule has 0 aliphatic heterocycles. The van der Waals surface area contributed by atoms with Gasteiger partial charge in [-0.1, -0.05) is 73.9 Å². The van der Waals surface area contributed by atoms with E-state index in [-0.39, 0.29) is 5.38 Å². The van der Waals surface area contributed by atoms with E-state index >= 15 is 0 Å². The first-order valence-corrected chi connectivity index (χ1v) is 9.20. The normalized spacial score (nSPS) is 12.7. The van der Waals surface area contributed by atoms with E-state index < -0.39 is 0 Å². The quantitative estimate of drug-likeness (QED) is 0.316. The molecule has 20 heavy (non-hydrogen) atoms. The summed E-state index contributed by atoms with van der Waals surface area (Å²) < 4.78 is 1.18. The van der Waals surface area contributed by atoms with Crippen molar-refractivity contribution in [3.63, 3.8) is 0 Å². The predicted octanol–water partition coefficient (Wildman–Crippen LogP) is 7.49. The molecule has 0 spiro atoms. The maximum atomic E-state index is 6.58. The Morgan fingerprint density at radius 3 is 2.20 bits per heavy atom. The molecule has 0 N–H and O–H groups in total. The minimum Gasteiger partial charge on any atom is -0.118 e. The number of unbranched alkanes of at least 4 members (excludes halogenated alkanes) is 6. The van der Waals surface area contributed by atoms with Crippen LogP contribution in [-0.2, 0) is 0 Å². The van der Waals surface area contributed by atoms with Crippen molar-refractivity contribution in [2.24, 2.45) is 0 Å². The lowest BCUT2D eigenvalue weighted by Crippen LogP contribution is -1.96. The van der Waals surface area contributed by atoms with Crippen LogP contribution in [0.25, 0.3) is 0 Å². The van der Waals surface area contributed by atoms with Crippen molar-refractivity contribution in [3.8, 4) is 0 Å². The van der Waals surface area contributed by atoms with Crippen molar-refractivity contribution in [3.05, 3.63) is 33.3 Å². The van der Waals surface area contributed by atoms with Gasteiger partial charge in [-0.25, -0.2) is 0 Å². The first-order valence-electron chi connectivity index (χ1n) is 7.97. The van der Waals surface area contributed by atoms with Gasteiger partial charge in [0.15, 0.2) is 0 Å². The summed E-state index contributed by atoms with van der Waals surface area (Å²) in [6, 6.07) is 4.42. The molecule has 1 aromatic carbocycles. The van der Waals surface area contributed by atoms with E-state index in [0.717, 1.165) is 6.42 Å². The second kappa shape index (κ2) is 9.84. The highest BCUT2D eigenvalue weighted by Crippen LogP contribution is 2.32. The van der Waals surface area contributed by atoms with Gasteiger partial charge in [-0.3, -0.25) is 0 Å². The van der Waals surface area contributed by atoms with Crippen molar-refractivity contribution >= 4 is 27.5 Å². The van der Waals surface area contributed by atoms with Crippen LogP contribution in [0.4, 0.5) is 0 Å². The van der Waals surface area contributed by atoms with Gasteiger partial charge in [0.25, 0.3) is 0 Å². The van der Waals surface area contributed by atoms with Crippen LogP contribution in [-0.4, -0.2) is 0 Å². The van der Waals surface area contributed by atoms with E-state index in [9.17, 15) is 0 Å². The summed E-state index contributed by atoms with van der Waals surface area (Å²) in [4.78, 5) is 0. The molecule has 0 saturated heterocycles. The van der Waals surface area contributed by atoms with Crippen molar-refractivity contribution < 1.29 is 0 Å². The van der Waals surface area contributed by atoms with Gasteiger partial charge in [0.1, 0.15) is 0 Å². The fraction of sp³-hybridized carbons (Fsp3) is 0.667. The molecule has 1 rings (SSSR count). The fourth-order valence-electron chi connectivity index (χ4n) is 2.58. The van der Waals surface area contributed by atoms with Gasteiger partial charge < -0.3 is 0 Å². The van der Waals surface area contributed by atoms with E-state index in [1.54, 1.807) is 0 Å². The minimum atomic E-state index is 0.164. The Hall–Kier alpha value is -0.0100. The molecular formula is C18H28BrCl. The Kier molecular flexibility index (Phi) is 8.88. The highest BCUT2D eigenvalue weighted by molar-refractivity contribution is 9.10. The van der Waals surface area contributed by atoms with E-state index in [0.29, 0.717) is 0 Å². The summed E-state index contributed by atoms with van der Waals surface area (Å²) in [7, 11) is 0. The van der Waals surface area contributed by atoms with Gasteiger partial charge in [-0.05, 0) is 43.0 Å². The minimum absolute atomic E-state index is 0.164. The third-order valence-corrected chi connectivity index (χ3v) is 5.25. The highest BCUT2D eigenvalue weighted by atomic mass is 79.9. The Morgan fingerprint density at radius 1 is 0.950 bits per heavy atom. The number of aryl methyl sites for hydroxylation is 2. The standard InChI is InChI=1S/C18H28BrCl/c1-4-5-6-7-8-9-10-11-18(20)16-12-15(3)17(19)13-14(16)2/h12-13,18H,4-11H2,1-3H3. The number of alkyl halides is 1. The lowest BCUT2D eigenvalue weighted by molar-refractivity contribution is 0.571. The zero-order chi connectivity index (χ0) is 15.0. The molecule has 0 aliphatic rings. The van der Waals surface area contributed by atoms with Crippen LogP contribution >= 0.6 is 27.5 Å². The first kappa shape index (κ1) is 18.0. The van der Waals surface area contributed by atoms with Crippen molar-refractivity contribution in [1.82, 2.24) is 0 Å². The number of rotatable bonds is 9. The molecule has 0 aromatic heterocycles. The maximum Gasteiger partial charge on any atom is 0.0587 e. The molecule has 114 valence electrons. The second-order valence-corrected chi connectivity index (χ2v) is 7.22. The van der Waals surface area contributed by atoms with Gasteiger partial charge in [0, 0.05) is 4.47 Å². The Balaban J connectivity index is 2.32. The second-order valence-electron chi connectivity index (χ2n) is 5.84. The molecule has 0 saturated carbocycles. The summed E-state index contributed by atoms with van der Waals surface area (Å²) in [6.07, 6.45) is 10.5. The Bertz CT molecular complexity index is 401. The van der Waals surface area contributed by atoms with Crippen LogP contribution in [0.3, 0.4) is 0 Å². The largest absolute Gasteiger partial charge is 0.118 e. The molecule has 1 unspecified atom stereocenters. The summed E-state index contributed by atoms with van der Waals surface area (Å²) in [5.41, 5.74) is 3.87. The van der Waals surface area contributed by atoms with Gasteiger partial charge in [0.2, 0.25) is 0 Å². The van der Waals surface area contributed by atoms with Gasteiger partial charge in [0.05, 0.1) is 5.38 Å². The van der Waals surface area contributed by atoms with Gasteiger partial charge >= 0.3 is 0 Å². The fourth-order valence-corrected chi connectivity index (χ4v) is 3.42. The zero-order valence-corrected chi connectivity index (χ0v) is 15.5. The molecular weight excluding hydrogens is 332 g/mol. The molecule has 0 heterocycles. The molecule has 1 atom stereocenters. The SMILES string of the molecule is CCCCCCCCCC(Cl)c1cc(C)c(Br)cc1C. The molecule has 0 fully saturated rings. The zero-order valence-electron chi connectivity index (χ0n) is 13.1. The van der Waals surface area contributed by atoms with Crippen LogP contribution in [0.15, 0.2) is 16.6 Å². The highest BCUT2D eigenvalue weighted by Gasteiger charge is 2.12. The third-order valence-electron chi connectivity index (χ3n) is 3.95. The van der Waals surface area contributed by atoms with E-state index in [1.165, 1.54) is 66.1 Å². The van der Waals surface area contributed by atoms with Gasteiger partial charge in [-0.15, -0.1) is 11.6 Å². The van der Waals surface area contributed by atoms with E-state index in [1.807, 2.05) is 0 Å². The number of hydrogen-bond donors (Lipinski definition) is 0. The molecule has 0 radical (unpaired) electrons. The predicted molar refractivity (Wildman–Crippen MR) is 94.8 cm³/mol. The van der Waals surface area contributed by atoms with Crippen molar-refractivity contribution in [2.75, 3.05) is 0 Å². The third kappa shape index (κ3) is 6.18. The van der Waals surface area contributed by atoms with Crippen molar-refractivity contribution in [2.45, 2.75) is 77.5 Å². The average molecular weight is 360 g/mol. The van der Waals surface area contributed by atoms with E-state index in [2.05, 4.69) is 48.8 Å². The molecule has 0 nitrogen and oxygen atoms in total. The summed E-state index contributed by atoms with van der Waals surface area (Å²) >= 11 is 10.2. The van der Waals surface area contributed by atoms with Gasteiger partial charge in [-0.2, -0.15) is 0 Å². The monoisotopic (exact) mass is 358 g/mol. The molecule has 1 aromatic rings. The summed E-state index contributed by atoms with van der Waals surface area (Å²) in [5.74, 6) is 0. The smallest absolute Gasteiger partial charge is 0.0587 e. The summed E-state index contributed by atoms with van der Waals surface area (Å²) in [6.45, 7) is 6.55.